The smallest absolute Gasteiger partial charge is 0.250 e. The number of hydrogen-bond acceptors (Lipinski definition) is 5. The average molecular weight is 471 g/mol. The topological polar surface area (TPSA) is 59.9 Å². The predicted octanol–water partition coefficient (Wildman–Crippen LogP) is 5.81. The van der Waals surface area contributed by atoms with E-state index in [0.717, 1.165) is 33.9 Å². The molecule has 4 aromatic rings. The summed E-state index contributed by atoms with van der Waals surface area (Å²) in [4.78, 5) is 12.0. The van der Waals surface area contributed by atoms with E-state index in [1.165, 1.54) is 22.5 Å². The fourth-order valence-corrected chi connectivity index (χ4v) is 4.20. The first kappa shape index (κ1) is 23.4. The van der Waals surface area contributed by atoms with E-state index in [4.69, 9.17) is 9.47 Å². The summed E-state index contributed by atoms with van der Waals surface area (Å²) in [6.07, 6.45) is 1.63. The van der Waals surface area contributed by atoms with Crippen molar-refractivity contribution in [1.82, 2.24) is 5.43 Å². The maximum absolute atomic E-state index is 12.0. The summed E-state index contributed by atoms with van der Waals surface area (Å²) in [6, 6.07) is 30.0. The van der Waals surface area contributed by atoms with Crippen LogP contribution in [0.1, 0.15) is 16.7 Å². The number of fused-ring (bicyclic) bond motifs is 1. The Bertz CT molecular complexity index is 1250. The van der Waals surface area contributed by atoms with Crippen LogP contribution in [0.4, 0.5) is 0 Å². The zero-order valence-corrected chi connectivity index (χ0v) is 19.8. The molecule has 0 fully saturated rings. The molecule has 1 N–H and O–H groups in total. The molecule has 5 nitrogen and oxygen atoms in total. The summed E-state index contributed by atoms with van der Waals surface area (Å²) in [5.74, 6) is 2.56. The number of hydrogen-bond donors (Lipinski definition) is 1. The van der Waals surface area contributed by atoms with Gasteiger partial charge >= 0.3 is 0 Å². The Hall–Kier alpha value is -3.77. The zero-order chi connectivity index (χ0) is 23.6. The third-order valence-electron chi connectivity index (χ3n) is 5.22. The Morgan fingerprint density at radius 2 is 1.65 bits per heavy atom. The van der Waals surface area contributed by atoms with Gasteiger partial charge in [0.05, 0.1) is 19.1 Å². The lowest BCUT2D eigenvalue weighted by Gasteiger charge is -2.09. The fraction of sp³-hybridized carbons (Fsp3) is 0.143. The molecule has 0 spiro atoms. The molecule has 172 valence electrons. The lowest BCUT2D eigenvalue weighted by atomic mass is 10.1. The van der Waals surface area contributed by atoms with Crippen molar-refractivity contribution in [1.29, 1.82) is 0 Å². The molecule has 0 unspecified atom stereocenters. The normalized spacial score (nSPS) is 11.0. The molecule has 0 atom stereocenters. The van der Waals surface area contributed by atoms with Crippen LogP contribution in [0.2, 0.25) is 0 Å². The van der Waals surface area contributed by atoms with Crippen LogP contribution in [0.25, 0.3) is 10.8 Å². The standard InChI is InChI=1S/C28H26N2O3S/c1-32-25-13-11-22(12-14-25)19-34-20-28(31)30-29-17-21-9-15-26(16-10-21)33-18-24-7-4-6-23-5-2-3-8-27(23)24/h2-17H,18-20H2,1H3,(H,30,31)/b29-17-. The fourth-order valence-electron chi connectivity index (χ4n) is 3.42. The molecule has 1 amide bonds. The Labute approximate surface area is 203 Å². The van der Waals surface area contributed by atoms with Crippen molar-refractivity contribution in [2.45, 2.75) is 12.4 Å². The summed E-state index contributed by atoms with van der Waals surface area (Å²) in [5, 5.41) is 6.46. The van der Waals surface area contributed by atoms with Crippen LogP contribution in [0.15, 0.2) is 96.1 Å². The van der Waals surface area contributed by atoms with Gasteiger partial charge in [-0.3, -0.25) is 4.79 Å². The number of ether oxygens (including phenoxy) is 2. The van der Waals surface area contributed by atoms with Crippen LogP contribution < -0.4 is 14.9 Å². The molecule has 0 bridgehead atoms. The number of thioether (sulfide) groups is 1. The van der Waals surface area contributed by atoms with E-state index in [2.05, 4.69) is 34.8 Å². The summed E-state index contributed by atoms with van der Waals surface area (Å²) in [6.45, 7) is 0.499. The number of carbonyl (C=O) groups excluding carboxylic acids is 1. The zero-order valence-electron chi connectivity index (χ0n) is 18.9. The first-order valence-electron chi connectivity index (χ1n) is 10.9. The lowest BCUT2D eigenvalue weighted by molar-refractivity contribution is -0.118. The number of nitrogens with one attached hydrogen (secondary N) is 1. The summed E-state index contributed by atoms with van der Waals surface area (Å²) in [5.41, 5.74) is 5.74. The van der Waals surface area contributed by atoms with E-state index in [1.54, 1.807) is 13.3 Å². The Morgan fingerprint density at radius 1 is 0.912 bits per heavy atom. The second-order valence-corrected chi connectivity index (χ2v) is 8.62. The highest BCUT2D eigenvalue weighted by atomic mass is 32.2. The molecule has 0 heterocycles. The van der Waals surface area contributed by atoms with Gasteiger partial charge in [-0.05, 0) is 63.9 Å². The molecule has 0 radical (unpaired) electrons. The highest BCUT2D eigenvalue weighted by Gasteiger charge is 2.03. The van der Waals surface area contributed by atoms with Gasteiger partial charge in [-0.15, -0.1) is 11.8 Å². The minimum atomic E-state index is -0.134. The molecule has 34 heavy (non-hydrogen) atoms. The highest BCUT2D eigenvalue weighted by Crippen LogP contribution is 2.21. The SMILES string of the molecule is COc1ccc(CSCC(=O)N/N=C\c2ccc(OCc3cccc4ccccc34)cc2)cc1. The van der Waals surface area contributed by atoms with Crippen LogP contribution in [0.5, 0.6) is 11.5 Å². The van der Waals surface area contributed by atoms with Crippen molar-refractivity contribution < 1.29 is 14.3 Å². The van der Waals surface area contributed by atoms with Gasteiger partial charge in [0, 0.05) is 5.75 Å². The molecule has 0 saturated heterocycles. The molecule has 0 aromatic heterocycles. The average Bonchev–Trinajstić information content (AvgIpc) is 2.88. The van der Waals surface area contributed by atoms with E-state index >= 15 is 0 Å². The number of carbonyl (C=O) groups is 1. The second-order valence-electron chi connectivity index (χ2n) is 7.63. The number of amides is 1. The van der Waals surface area contributed by atoms with Crippen molar-refractivity contribution in [2.24, 2.45) is 5.10 Å². The van der Waals surface area contributed by atoms with E-state index in [-0.39, 0.29) is 5.91 Å². The van der Waals surface area contributed by atoms with Gasteiger partial charge in [-0.1, -0.05) is 54.6 Å². The van der Waals surface area contributed by atoms with E-state index in [9.17, 15) is 4.79 Å². The van der Waals surface area contributed by atoms with Crippen molar-refractivity contribution in [2.75, 3.05) is 12.9 Å². The third-order valence-corrected chi connectivity index (χ3v) is 6.22. The van der Waals surface area contributed by atoms with Crippen LogP contribution in [-0.2, 0) is 17.2 Å². The summed E-state index contributed by atoms with van der Waals surface area (Å²) in [7, 11) is 1.64. The van der Waals surface area contributed by atoms with Gasteiger partial charge in [0.2, 0.25) is 5.91 Å². The van der Waals surface area contributed by atoms with E-state index in [1.807, 2.05) is 66.7 Å². The molecule has 0 aliphatic heterocycles. The van der Waals surface area contributed by atoms with Gasteiger partial charge in [-0.2, -0.15) is 5.10 Å². The first-order chi connectivity index (χ1) is 16.7. The largest absolute Gasteiger partial charge is 0.497 e. The highest BCUT2D eigenvalue weighted by molar-refractivity contribution is 7.99. The van der Waals surface area contributed by atoms with Gasteiger partial charge in [-0.25, -0.2) is 5.43 Å². The van der Waals surface area contributed by atoms with Crippen LogP contribution in [0.3, 0.4) is 0 Å². The first-order valence-corrected chi connectivity index (χ1v) is 12.1. The van der Waals surface area contributed by atoms with Gasteiger partial charge < -0.3 is 9.47 Å². The van der Waals surface area contributed by atoms with Gasteiger partial charge in [0.1, 0.15) is 18.1 Å². The summed E-state index contributed by atoms with van der Waals surface area (Å²) < 4.78 is 11.1. The van der Waals surface area contributed by atoms with Crippen LogP contribution in [-0.4, -0.2) is 25.0 Å². The number of methoxy groups -OCH3 is 1. The van der Waals surface area contributed by atoms with Crippen molar-refractivity contribution in [3.63, 3.8) is 0 Å². The third kappa shape index (κ3) is 6.62. The van der Waals surface area contributed by atoms with Gasteiger partial charge in [0.15, 0.2) is 0 Å². The maximum Gasteiger partial charge on any atom is 0.250 e. The predicted molar refractivity (Wildman–Crippen MR) is 140 cm³/mol. The molecular weight excluding hydrogens is 444 g/mol. The van der Waals surface area contributed by atoms with E-state index < -0.39 is 0 Å². The van der Waals surface area contributed by atoms with Crippen molar-refractivity contribution in [3.05, 3.63) is 108 Å². The number of rotatable bonds is 10. The molecular formula is C28H26N2O3S. The minimum absolute atomic E-state index is 0.134. The Balaban J connectivity index is 1.20. The van der Waals surface area contributed by atoms with Gasteiger partial charge in [0.25, 0.3) is 0 Å². The molecule has 4 aromatic carbocycles. The van der Waals surface area contributed by atoms with E-state index in [0.29, 0.717) is 12.4 Å². The lowest BCUT2D eigenvalue weighted by Crippen LogP contribution is -2.19. The van der Waals surface area contributed by atoms with Crippen LogP contribution >= 0.6 is 11.8 Å². The molecule has 6 heteroatoms. The quantitative estimate of drug-likeness (QED) is 0.235. The molecule has 4 rings (SSSR count). The second kappa shape index (κ2) is 11.9. The number of hydrazone groups is 1. The molecule has 0 aliphatic carbocycles. The Morgan fingerprint density at radius 3 is 2.44 bits per heavy atom. The summed E-state index contributed by atoms with van der Waals surface area (Å²) >= 11 is 1.54. The number of benzene rings is 4. The van der Waals surface area contributed by atoms with Crippen molar-refractivity contribution in [3.8, 4) is 11.5 Å². The van der Waals surface area contributed by atoms with Crippen molar-refractivity contribution >= 4 is 34.7 Å². The maximum atomic E-state index is 12.0. The molecule has 0 saturated carbocycles. The molecule has 0 aliphatic rings. The minimum Gasteiger partial charge on any atom is -0.497 e. The Kier molecular flexibility index (Phi) is 8.19. The van der Waals surface area contributed by atoms with Crippen LogP contribution in [0, 0.1) is 0 Å². The number of nitrogens with zero attached hydrogens (tertiary/aromatic N) is 1. The monoisotopic (exact) mass is 470 g/mol.